The number of benzene rings is 3. The Bertz CT molecular complexity index is 1600. The van der Waals surface area contributed by atoms with Crippen molar-refractivity contribution >= 4 is 17.6 Å². The van der Waals surface area contributed by atoms with Crippen LogP contribution in [-0.2, 0) is 23.3 Å². The van der Waals surface area contributed by atoms with Crippen LogP contribution in [0.4, 0.5) is 26.7 Å². The number of alkyl halides is 4. The maximum absolute atomic E-state index is 15.1. The van der Waals surface area contributed by atoms with E-state index in [1.54, 1.807) is 30.3 Å². The minimum absolute atomic E-state index is 0.0391. The van der Waals surface area contributed by atoms with E-state index >= 15 is 4.39 Å². The molecule has 3 atom stereocenters. The summed E-state index contributed by atoms with van der Waals surface area (Å²) in [5.41, 5.74) is 0.0278. The topological polar surface area (TPSA) is 72.5 Å². The van der Waals surface area contributed by atoms with Crippen LogP contribution in [0.3, 0.4) is 0 Å². The van der Waals surface area contributed by atoms with Gasteiger partial charge in [-0.05, 0) is 60.2 Å². The number of hydrogen-bond donors (Lipinski definition) is 2. The highest BCUT2D eigenvalue weighted by Gasteiger charge is 2.45. The van der Waals surface area contributed by atoms with Crippen molar-refractivity contribution in [2.45, 2.75) is 62.5 Å². The number of pyridine rings is 1. The fourth-order valence-electron chi connectivity index (χ4n) is 5.59. The van der Waals surface area contributed by atoms with Gasteiger partial charge in [0.25, 0.3) is 0 Å². The lowest BCUT2D eigenvalue weighted by Gasteiger charge is -2.36. The van der Waals surface area contributed by atoms with Gasteiger partial charge in [0.2, 0.25) is 0 Å². The normalized spacial score (nSPS) is 17.8. The molecule has 0 aliphatic heterocycles. The molecule has 0 spiro atoms. The molecule has 1 aromatic heterocycles. The van der Waals surface area contributed by atoms with Crippen LogP contribution >= 0.6 is 11.6 Å². The second-order valence-electron chi connectivity index (χ2n) is 11.0. The van der Waals surface area contributed by atoms with E-state index in [4.69, 9.17) is 16.3 Å². The highest BCUT2D eigenvalue weighted by atomic mass is 35.5. The lowest BCUT2D eigenvalue weighted by atomic mass is 9.80. The van der Waals surface area contributed by atoms with Gasteiger partial charge in [-0.25, -0.2) is 9.18 Å². The van der Waals surface area contributed by atoms with Crippen molar-refractivity contribution in [3.05, 3.63) is 130 Å². The molecule has 2 N–H and O–H groups in total. The molecule has 0 unspecified atom stereocenters. The maximum Gasteiger partial charge on any atom is 0.461 e. The summed E-state index contributed by atoms with van der Waals surface area (Å²) in [6.45, 7) is 0.354. The molecule has 0 saturated heterocycles. The van der Waals surface area contributed by atoms with E-state index in [9.17, 15) is 22.4 Å². The lowest BCUT2D eigenvalue weighted by molar-refractivity contribution is -0.253. The predicted octanol–water partition coefficient (Wildman–Crippen LogP) is 8.03. The summed E-state index contributed by atoms with van der Waals surface area (Å²) in [4.78, 5) is 18.3. The number of urea groups is 1. The predicted molar refractivity (Wildman–Crippen MR) is 162 cm³/mol. The zero-order valence-electron chi connectivity index (χ0n) is 24.4. The summed E-state index contributed by atoms with van der Waals surface area (Å²) in [6, 6.07) is 23.0. The minimum atomic E-state index is -4.90. The third kappa shape index (κ3) is 8.13. The molecule has 12 heteroatoms. The Morgan fingerprint density at radius 2 is 1.65 bits per heavy atom. The van der Waals surface area contributed by atoms with Crippen LogP contribution < -0.4 is 15.4 Å². The van der Waals surface area contributed by atoms with Gasteiger partial charge in [-0.15, -0.1) is 0 Å². The summed E-state index contributed by atoms with van der Waals surface area (Å²) in [5, 5.41) is 6.16. The van der Waals surface area contributed by atoms with Crippen LogP contribution in [0.1, 0.15) is 41.6 Å². The summed E-state index contributed by atoms with van der Waals surface area (Å²) in [7, 11) is 0. The second-order valence-corrected chi connectivity index (χ2v) is 11.5. The molecule has 4 aromatic rings. The third-order valence-corrected chi connectivity index (χ3v) is 7.98. The Balaban J connectivity index is 1.51. The molecule has 1 aliphatic rings. The molecule has 5 rings (SSSR count). The minimum Gasteiger partial charge on any atom is -0.428 e. The SMILES string of the molecule is O=C(N[C@@H]1CCC[C@H]1OCc1ccccc1)N[C@@](Cc1ccccc1)(c1cc(F)cc(OC(F)(F)C(F)F)c1)c1ccc(Cl)cn1. The standard InChI is InChI=1S/C34H31ClF5N3O3/c35-25-14-15-30(41-20-25)33(19-22-8-3-1-4-9-22,24-16-26(36)18-27(17-24)46-34(39,40)31(37)38)43-32(44)42-28-12-7-13-29(28)45-21-23-10-5-2-6-11-23/h1-6,8-11,14-18,20,28-29,31H,7,12-13,19,21H2,(H2,42,43,44)/t28-,29-,33+/m1/s1. The summed E-state index contributed by atoms with van der Waals surface area (Å²) in [6.07, 6.45) is -5.90. The Morgan fingerprint density at radius 3 is 2.30 bits per heavy atom. The van der Waals surface area contributed by atoms with Gasteiger partial charge in [0.1, 0.15) is 17.1 Å². The third-order valence-electron chi connectivity index (χ3n) is 7.75. The van der Waals surface area contributed by atoms with E-state index < -0.39 is 35.7 Å². The molecular weight excluding hydrogens is 629 g/mol. The second kappa shape index (κ2) is 14.5. The first-order chi connectivity index (χ1) is 22.0. The van der Waals surface area contributed by atoms with Crippen molar-refractivity contribution in [1.82, 2.24) is 15.6 Å². The molecule has 3 aromatic carbocycles. The Kier molecular flexibility index (Phi) is 10.4. The first kappa shape index (κ1) is 33.2. The fraction of sp³-hybridized carbons (Fsp3) is 0.294. The number of carbonyl (C=O) groups is 1. The van der Waals surface area contributed by atoms with Crippen LogP contribution in [0.2, 0.25) is 5.02 Å². The number of carbonyl (C=O) groups excluding carboxylic acids is 1. The van der Waals surface area contributed by atoms with E-state index in [1.165, 1.54) is 18.3 Å². The van der Waals surface area contributed by atoms with Crippen molar-refractivity contribution < 1.29 is 36.2 Å². The highest BCUT2D eigenvalue weighted by molar-refractivity contribution is 6.30. The first-order valence-corrected chi connectivity index (χ1v) is 15.0. The Hall–Kier alpha value is -4.22. The zero-order chi connectivity index (χ0) is 32.7. The van der Waals surface area contributed by atoms with Crippen molar-refractivity contribution in [2.24, 2.45) is 0 Å². The van der Waals surface area contributed by atoms with Gasteiger partial charge in [-0.2, -0.15) is 17.6 Å². The number of aromatic nitrogens is 1. The Morgan fingerprint density at radius 1 is 0.957 bits per heavy atom. The van der Waals surface area contributed by atoms with Crippen LogP contribution in [0.5, 0.6) is 5.75 Å². The zero-order valence-corrected chi connectivity index (χ0v) is 25.2. The van der Waals surface area contributed by atoms with Crippen LogP contribution in [0.25, 0.3) is 0 Å². The van der Waals surface area contributed by atoms with Gasteiger partial charge in [0.05, 0.1) is 29.5 Å². The maximum atomic E-state index is 15.1. The van der Waals surface area contributed by atoms with E-state index in [0.29, 0.717) is 31.1 Å². The van der Waals surface area contributed by atoms with Crippen LogP contribution in [-0.4, -0.2) is 35.7 Å². The van der Waals surface area contributed by atoms with Gasteiger partial charge in [-0.3, -0.25) is 4.98 Å². The summed E-state index contributed by atoms with van der Waals surface area (Å²) >= 11 is 6.12. The molecule has 1 saturated carbocycles. The molecule has 1 aliphatic carbocycles. The molecule has 242 valence electrons. The van der Waals surface area contributed by atoms with Gasteiger partial charge in [0.15, 0.2) is 0 Å². The first-order valence-electron chi connectivity index (χ1n) is 14.6. The molecule has 1 heterocycles. The number of nitrogens with one attached hydrogen (secondary N) is 2. The number of hydrogen-bond acceptors (Lipinski definition) is 4. The number of ether oxygens (including phenoxy) is 2. The fourth-order valence-corrected chi connectivity index (χ4v) is 5.70. The quantitative estimate of drug-likeness (QED) is 0.151. The van der Waals surface area contributed by atoms with Gasteiger partial charge in [0, 0.05) is 18.7 Å². The van der Waals surface area contributed by atoms with Crippen molar-refractivity contribution in [3.63, 3.8) is 0 Å². The van der Waals surface area contributed by atoms with E-state index in [1.807, 2.05) is 30.3 Å². The number of rotatable bonds is 12. The van der Waals surface area contributed by atoms with E-state index in [0.717, 1.165) is 24.1 Å². The summed E-state index contributed by atoms with van der Waals surface area (Å²) < 4.78 is 79.4. The van der Waals surface area contributed by atoms with Gasteiger partial charge < -0.3 is 20.1 Å². The van der Waals surface area contributed by atoms with Crippen molar-refractivity contribution in [3.8, 4) is 5.75 Å². The molecule has 2 amide bonds. The molecule has 0 radical (unpaired) electrons. The van der Waals surface area contributed by atoms with E-state index in [2.05, 4.69) is 20.4 Å². The number of amides is 2. The summed E-state index contributed by atoms with van der Waals surface area (Å²) in [5.74, 6) is -1.92. The lowest BCUT2D eigenvalue weighted by Crippen LogP contribution is -2.55. The smallest absolute Gasteiger partial charge is 0.428 e. The van der Waals surface area contributed by atoms with Crippen molar-refractivity contribution in [1.29, 1.82) is 0 Å². The van der Waals surface area contributed by atoms with Gasteiger partial charge >= 0.3 is 18.6 Å². The average Bonchev–Trinajstić information content (AvgIpc) is 3.47. The molecule has 6 nitrogen and oxygen atoms in total. The largest absolute Gasteiger partial charge is 0.461 e. The van der Waals surface area contributed by atoms with Crippen LogP contribution in [0, 0.1) is 5.82 Å². The number of halogens is 6. The average molecular weight is 660 g/mol. The molecule has 0 bridgehead atoms. The monoisotopic (exact) mass is 659 g/mol. The van der Waals surface area contributed by atoms with Gasteiger partial charge in [-0.1, -0.05) is 72.3 Å². The van der Waals surface area contributed by atoms with E-state index in [-0.39, 0.29) is 34.8 Å². The van der Waals surface area contributed by atoms with Crippen molar-refractivity contribution in [2.75, 3.05) is 0 Å². The molecule has 46 heavy (non-hydrogen) atoms. The Labute approximate surface area is 267 Å². The molecule has 1 fully saturated rings. The molecular formula is C34H31ClF5N3O3. The highest BCUT2D eigenvalue weighted by Crippen LogP contribution is 2.37. The van der Waals surface area contributed by atoms with Crippen LogP contribution in [0.15, 0.2) is 97.2 Å². The number of nitrogens with zero attached hydrogens (tertiary/aromatic N) is 1.